The third kappa shape index (κ3) is 36.2. The molecule has 0 aliphatic carbocycles. The molecule has 0 heterocycles. The van der Waals surface area contributed by atoms with Crippen LogP contribution in [-0.2, 0) is 28.5 Å². The van der Waals surface area contributed by atoms with Gasteiger partial charge >= 0.3 is 18.3 Å². The number of allylic oxidation sites excluding steroid dienone is 2. The van der Waals surface area contributed by atoms with Gasteiger partial charge in [0.15, 0.2) is 0 Å². The Morgan fingerprint density at radius 2 is 1.06 bits per heavy atom. The number of hydrogen-bond donors (Lipinski definition) is 0. The summed E-state index contributed by atoms with van der Waals surface area (Å²) in [5.74, 6) is 0.134. The van der Waals surface area contributed by atoms with Crippen molar-refractivity contribution in [3.8, 4) is 0 Å². The molecule has 0 aromatic rings. The SMILES string of the molecule is CCCCCC/C=C\COC(=O)OCCCCCCC(CCCCCCOC(=O)OC/C=C\CCCCCC)OC(=O)CC(C)CC(C)(C)CN(C)C. The molecule has 0 aliphatic heterocycles. The maximum Gasteiger partial charge on any atom is 0.508 e. The highest BCUT2D eigenvalue weighted by atomic mass is 16.7. The van der Waals surface area contributed by atoms with E-state index in [1.165, 1.54) is 51.4 Å². The maximum atomic E-state index is 13.0. The van der Waals surface area contributed by atoms with Gasteiger partial charge in [0.25, 0.3) is 0 Å². The van der Waals surface area contributed by atoms with Crippen molar-refractivity contribution >= 4 is 18.3 Å². The zero-order chi connectivity index (χ0) is 39.4. The lowest BCUT2D eigenvalue weighted by Crippen LogP contribution is -2.31. The molecule has 0 saturated heterocycles. The van der Waals surface area contributed by atoms with E-state index >= 15 is 0 Å². The van der Waals surface area contributed by atoms with Crippen LogP contribution >= 0.6 is 0 Å². The van der Waals surface area contributed by atoms with E-state index in [0.29, 0.717) is 19.6 Å². The Hall–Kier alpha value is -2.55. The van der Waals surface area contributed by atoms with Crippen molar-refractivity contribution < 1.29 is 38.1 Å². The van der Waals surface area contributed by atoms with E-state index in [1.54, 1.807) is 0 Å². The van der Waals surface area contributed by atoms with Crippen LogP contribution in [0.3, 0.4) is 0 Å². The molecule has 1 unspecified atom stereocenters. The predicted octanol–water partition coefficient (Wildman–Crippen LogP) is 12.2. The molecule has 9 heteroatoms. The summed E-state index contributed by atoms with van der Waals surface area (Å²) in [4.78, 5) is 38.9. The summed E-state index contributed by atoms with van der Waals surface area (Å²) in [6, 6.07) is 0. The lowest BCUT2D eigenvalue weighted by molar-refractivity contribution is -0.151. The molecular formula is C44H81NO8. The third-order valence-corrected chi connectivity index (χ3v) is 9.12. The highest BCUT2D eigenvalue weighted by Gasteiger charge is 2.24. The minimum atomic E-state index is -0.616. The smallest absolute Gasteiger partial charge is 0.462 e. The Balaban J connectivity index is 4.46. The van der Waals surface area contributed by atoms with Crippen molar-refractivity contribution in [1.82, 2.24) is 4.90 Å². The topological polar surface area (TPSA) is 101 Å². The third-order valence-electron chi connectivity index (χ3n) is 9.12. The number of ether oxygens (including phenoxy) is 5. The zero-order valence-corrected chi connectivity index (χ0v) is 35.3. The Kier molecular flexibility index (Phi) is 33.5. The molecule has 0 radical (unpaired) electrons. The fraction of sp³-hybridized carbons (Fsp3) is 0.841. The fourth-order valence-electron chi connectivity index (χ4n) is 6.75. The fourth-order valence-corrected chi connectivity index (χ4v) is 6.75. The van der Waals surface area contributed by atoms with Crippen LogP contribution in [-0.4, -0.2) is 76.4 Å². The van der Waals surface area contributed by atoms with E-state index in [0.717, 1.165) is 90.0 Å². The number of esters is 1. The van der Waals surface area contributed by atoms with Crippen molar-refractivity contribution in [2.75, 3.05) is 47.1 Å². The lowest BCUT2D eigenvalue weighted by atomic mass is 9.82. The first-order valence-corrected chi connectivity index (χ1v) is 21.2. The molecule has 0 amide bonds. The largest absolute Gasteiger partial charge is 0.508 e. The van der Waals surface area contributed by atoms with Gasteiger partial charge in [0.05, 0.1) is 13.2 Å². The molecule has 1 atom stereocenters. The van der Waals surface area contributed by atoms with Crippen LogP contribution in [0.2, 0.25) is 0 Å². The average Bonchev–Trinajstić information content (AvgIpc) is 3.08. The van der Waals surface area contributed by atoms with Gasteiger partial charge in [-0.2, -0.15) is 0 Å². The van der Waals surface area contributed by atoms with Crippen molar-refractivity contribution in [2.24, 2.45) is 11.3 Å². The number of carbonyl (C=O) groups excluding carboxylic acids is 3. The molecule has 0 aromatic carbocycles. The summed E-state index contributed by atoms with van der Waals surface area (Å²) in [6.07, 6.45) is 28.7. The maximum absolute atomic E-state index is 13.0. The van der Waals surface area contributed by atoms with Crippen molar-refractivity contribution in [2.45, 2.75) is 182 Å². The van der Waals surface area contributed by atoms with Crippen molar-refractivity contribution in [1.29, 1.82) is 0 Å². The van der Waals surface area contributed by atoms with Gasteiger partial charge in [-0.1, -0.05) is 123 Å². The van der Waals surface area contributed by atoms with Crippen molar-refractivity contribution in [3.05, 3.63) is 24.3 Å². The first-order chi connectivity index (χ1) is 25.5. The van der Waals surface area contributed by atoms with Crippen LogP contribution in [0.25, 0.3) is 0 Å². The molecule has 53 heavy (non-hydrogen) atoms. The average molecular weight is 752 g/mol. The van der Waals surface area contributed by atoms with Gasteiger partial charge in [0.2, 0.25) is 0 Å². The number of carbonyl (C=O) groups is 3. The highest BCUT2D eigenvalue weighted by Crippen LogP contribution is 2.28. The highest BCUT2D eigenvalue weighted by molar-refractivity contribution is 5.69. The normalized spacial score (nSPS) is 12.5. The van der Waals surface area contributed by atoms with E-state index in [9.17, 15) is 14.4 Å². The first kappa shape index (κ1) is 50.5. The van der Waals surface area contributed by atoms with Gasteiger partial charge in [-0.25, -0.2) is 9.59 Å². The van der Waals surface area contributed by atoms with Crippen LogP contribution < -0.4 is 0 Å². The number of rotatable bonds is 35. The predicted molar refractivity (Wildman–Crippen MR) is 217 cm³/mol. The van der Waals surface area contributed by atoms with Crippen LogP contribution in [0.4, 0.5) is 9.59 Å². The molecule has 0 N–H and O–H groups in total. The molecule has 0 fully saturated rings. The van der Waals surface area contributed by atoms with Gasteiger partial charge in [-0.05, 0) is 96.1 Å². The van der Waals surface area contributed by atoms with Crippen LogP contribution in [0.5, 0.6) is 0 Å². The molecule has 0 bridgehead atoms. The van der Waals surface area contributed by atoms with Crippen molar-refractivity contribution in [3.63, 3.8) is 0 Å². The van der Waals surface area contributed by atoms with Crippen LogP contribution in [0, 0.1) is 11.3 Å². The molecule has 0 rings (SSSR count). The van der Waals surface area contributed by atoms with Crippen LogP contribution in [0.1, 0.15) is 176 Å². The second kappa shape index (κ2) is 35.2. The number of hydrogen-bond acceptors (Lipinski definition) is 9. The summed E-state index contributed by atoms with van der Waals surface area (Å²) in [7, 11) is 4.17. The molecule has 310 valence electrons. The summed E-state index contributed by atoms with van der Waals surface area (Å²) >= 11 is 0. The quantitative estimate of drug-likeness (QED) is 0.0271. The molecule has 0 aromatic heterocycles. The Morgan fingerprint density at radius 3 is 1.51 bits per heavy atom. The van der Waals surface area contributed by atoms with Gasteiger partial charge in [-0.3, -0.25) is 4.79 Å². The van der Waals surface area contributed by atoms with E-state index in [4.69, 9.17) is 23.7 Å². The molecule has 0 spiro atoms. The van der Waals surface area contributed by atoms with Crippen LogP contribution in [0.15, 0.2) is 24.3 Å². The summed E-state index contributed by atoms with van der Waals surface area (Å²) in [6.45, 7) is 13.2. The van der Waals surface area contributed by atoms with E-state index in [1.807, 2.05) is 12.2 Å². The molecular weight excluding hydrogens is 670 g/mol. The van der Waals surface area contributed by atoms with Gasteiger partial charge in [0, 0.05) is 13.0 Å². The lowest BCUT2D eigenvalue weighted by Gasteiger charge is -2.31. The molecule has 9 nitrogen and oxygen atoms in total. The van der Waals surface area contributed by atoms with Gasteiger partial charge in [0.1, 0.15) is 19.3 Å². The molecule has 0 aliphatic rings. The monoisotopic (exact) mass is 752 g/mol. The Bertz CT molecular complexity index is 896. The minimum Gasteiger partial charge on any atom is -0.462 e. The summed E-state index contributed by atoms with van der Waals surface area (Å²) in [5, 5.41) is 0. The Labute approximate surface area is 325 Å². The second-order valence-electron chi connectivity index (χ2n) is 15.9. The Morgan fingerprint density at radius 1 is 0.604 bits per heavy atom. The first-order valence-electron chi connectivity index (χ1n) is 21.2. The minimum absolute atomic E-state index is 0.110. The standard InChI is InChI=1S/C44H81NO8/c1-8-10-12-14-16-20-26-32-49-42(47)51-34-28-22-18-24-30-40(53-41(46)36-39(3)37-44(4,5)38-45(6)7)31-25-19-23-29-35-52-43(48)50-33-27-21-17-15-13-11-9-2/h20-21,26-27,39-40H,8-19,22-25,28-38H2,1-7H3/b26-20-,27-21-. The zero-order valence-electron chi connectivity index (χ0n) is 35.3. The van der Waals surface area contributed by atoms with Gasteiger partial charge in [-0.15, -0.1) is 0 Å². The van der Waals surface area contributed by atoms with E-state index in [-0.39, 0.29) is 36.6 Å². The number of unbranched alkanes of at least 4 members (excludes halogenated alkanes) is 14. The van der Waals surface area contributed by atoms with E-state index in [2.05, 4.69) is 65.8 Å². The summed E-state index contributed by atoms with van der Waals surface area (Å²) in [5.41, 5.74) is 0.124. The second-order valence-corrected chi connectivity index (χ2v) is 15.9. The van der Waals surface area contributed by atoms with E-state index < -0.39 is 12.3 Å². The van der Waals surface area contributed by atoms with Gasteiger partial charge < -0.3 is 28.6 Å². The summed E-state index contributed by atoms with van der Waals surface area (Å²) < 4.78 is 26.7. The number of nitrogens with zero attached hydrogens (tertiary/aromatic N) is 1. The molecule has 0 saturated carbocycles.